The normalized spacial score (nSPS) is 11.8. The monoisotopic (exact) mass is 291 g/mol. The third-order valence-electron chi connectivity index (χ3n) is 3.44. The summed E-state index contributed by atoms with van der Waals surface area (Å²) in [6, 6.07) is 5.13. The van der Waals surface area contributed by atoms with Gasteiger partial charge < -0.3 is 16.4 Å². The van der Waals surface area contributed by atoms with Crippen LogP contribution in [-0.2, 0) is 11.3 Å². The van der Waals surface area contributed by atoms with E-state index in [0.29, 0.717) is 13.0 Å². The van der Waals surface area contributed by atoms with Crippen molar-refractivity contribution in [1.29, 1.82) is 0 Å². The molecular weight excluding hydrogens is 266 g/mol. The molecule has 0 aromatic heterocycles. The SMILES string of the molecule is CCCCC(NC(=O)NCc1cc(C)ccc1C)C(N)=O. The second-order valence-electron chi connectivity index (χ2n) is 5.35. The molecule has 0 heterocycles. The Labute approximate surface area is 126 Å². The molecule has 21 heavy (non-hydrogen) atoms. The van der Waals surface area contributed by atoms with Crippen molar-refractivity contribution in [3.8, 4) is 0 Å². The lowest BCUT2D eigenvalue weighted by Gasteiger charge is -2.16. The molecule has 0 aliphatic carbocycles. The Morgan fingerprint density at radius 1 is 1.29 bits per heavy atom. The van der Waals surface area contributed by atoms with Crippen LogP contribution in [0.4, 0.5) is 4.79 Å². The smallest absolute Gasteiger partial charge is 0.315 e. The van der Waals surface area contributed by atoms with E-state index in [4.69, 9.17) is 5.73 Å². The first-order chi connectivity index (χ1) is 9.93. The van der Waals surface area contributed by atoms with Crippen LogP contribution in [-0.4, -0.2) is 18.0 Å². The molecule has 1 atom stereocenters. The zero-order chi connectivity index (χ0) is 15.8. The van der Waals surface area contributed by atoms with Gasteiger partial charge in [-0.3, -0.25) is 4.79 Å². The maximum absolute atomic E-state index is 11.9. The summed E-state index contributed by atoms with van der Waals surface area (Å²) < 4.78 is 0. The van der Waals surface area contributed by atoms with E-state index in [-0.39, 0.29) is 6.03 Å². The van der Waals surface area contributed by atoms with E-state index >= 15 is 0 Å². The van der Waals surface area contributed by atoms with Crippen LogP contribution >= 0.6 is 0 Å². The van der Waals surface area contributed by atoms with Gasteiger partial charge in [-0.25, -0.2) is 4.79 Å². The predicted molar refractivity (Wildman–Crippen MR) is 83.8 cm³/mol. The third kappa shape index (κ3) is 5.85. The number of amides is 3. The number of nitrogens with one attached hydrogen (secondary N) is 2. The number of aryl methyl sites for hydroxylation is 2. The summed E-state index contributed by atoms with van der Waals surface area (Å²) in [5, 5.41) is 5.40. The second kappa shape index (κ2) is 8.29. The van der Waals surface area contributed by atoms with Crippen molar-refractivity contribution >= 4 is 11.9 Å². The zero-order valence-electron chi connectivity index (χ0n) is 13.0. The van der Waals surface area contributed by atoms with Crippen molar-refractivity contribution in [2.24, 2.45) is 5.73 Å². The summed E-state index contributed by atoms with van der Waals surface area (Å²) in [5.41, 5.74) is 8.63. The molecule has 0 bridgehead atoms. The zero-order valence-corrected chi connectivity index (χ0v) is 13.0. The van der Waals surface area contributed by atoms with Gasteiger partial charge in [-0.1, -0.05) is 43.5 Å². The molecular formula is C16H25N3O2. The van der Waals surface area contributed by atoms with Crippen LogP contribution in [0.3, 0.4) is 0 Å². The molecule has 5 nitrogen and oxygen atoms in total. The van der Waals surface area contributed by atoms with Crippen LogP contribution in [0.1, 0.15) is 42.9 Å². The molecule has 0 saturated carbocycles. The first-order valence-electron chi connectivity index (χ1n) is 7.33. The second-order valence-corrected chi connectivity index (χ2v) is 5.35. The molecule has 0 saturated heterocycles. The maximum atomic E-state index is 11.9. The molecule has 1 rings (SSSR count). The Balaban J connectivity index is 2.52. The van der Waals surface area contributed by atoms with Gasteiger partial charge in [-0.2, -0.15) is 0 Å². The summed E-state index contributed by atoms with van der Waals surface area (Å²) in [6.45, 7) is 6.47. The number of nitrogens with two attached hydrogens (primary N) is 1. The molecule has 1 aromatic carbocycles. The number of benzene rings is 1. The van der Waals surface area contributed by atoms with E-state index in [0.717, 1.165) is 29.5 Å². The van der Waals surface area contributed by atoms with Crippen LogP contribution in [0, 0.1) is 13.8 Å². The van der Waals surface area contributed by atoms with Gasteiger partial charge in [0, 0.05) is 6.54 Å². The fourth-order valence-electron chi connectivity index (χ4n) is 2.07. The van der Waals surface area contributed by atoms with E-state index in [1.54, 1.807) is 0 Å². The van der Waals surface area contributed by atoms with Gasteiger partial charge in [-0.15, -0.1) is 0 Å². The number of primary amides is 1. The van der Waals surface area contributed by atoms with Crippen LogP contribution in [0.25, 0.3) is 0 Å². The van der Waals surface area contributed by atoms with Gasteiger partial charge in [0.05, 0.1) is 0 Å². The number of carbonyl (C=O) groups is 2. The first kappa shape index (κ1) is 17.0. The minimum absolute atomic E-state index is 0.365. The van der Waals surface area contributed by atoms with Gasteiger partial charge in [0.15, 0.2) is 0 Å². The van der Waals surface area contributed by atoms with Crippen LogP contribution in [0.5, 0.6) is 0 Å². The van der Waals surface area contributed by atoms with Crippen LogP contribution in [0.2, 0.25) is 0 Å². The topological polar surface area (TPSA) is 84.2 Å². The molecule has 0 spiro atoms. The molecule has 116 valence electrons. The van der Waals surface area contributed by atoms with Crippen LogP contribution in [0.15, 0.2) is 18.2 Å². The fraction of sp³-hybridized carbons (Fsp3) is 0.500. The highest BCUT2D eigenvalue weighted by molar-refractivity contribution is 5.85. The Morgan fingerprint density at radius 2 is 2.00 bits per heavy atom. The summed E-state index contributed by atoms with van der Waals surface area (Å²) in [6.07, 6.45) is 2.38. The maximum Gasteiger partial charge on any atom is 0.315 e. The van der Waals surface area contributed by atoms with E-state index in [1.165, 1.54) is 0 Å². The van der Waals surface area contributed by atoms with Crippen molar-refractivity contribution in [2.45, 2.75) is 52.6 Å². The number of unbranched alkanes of at least 4 members (excludes halogenated alkanes) is 1. The summed E-state index contributed by atoms with van der Waals surface area (Å²) >= 11 is 0. The van der Waals surface area contributed by atoms with Gasteiger partial charge in [0.25, 0.3) is 0 Å². The molecule has 0 fully saturated rings. The highest BCUT2D eigenvalue weighted by Crippen LogP contribution is 2.10. The molecule has 0 radical (unpaired) electrons. The standard InChI is InChI=1S/C16H25N3O2/c1-4-5-6-14(15(17)20)19-16(21)18-10-13-9-11(2)7-8-12(13)3/h7-9,14H,4-6,10H2,1-3H3,(H2,17,20)(H2,18,19,21). The fourth-order valence-corrected chi connectivity index (χ4v) is 2.07. The number of urea groups is 1. The van der Waals surface area contributed by atoms with Crippen molar-refractivity contribution in [3.63, 3.8) is 0 Å². The summed E-state index contributed by atoms with van der Waals surface area (Å²) in [4.78, 5) is 23.2. The molecule has 0 aliphatic heterocycles. The highest BCUT2D eigenvalue weighted by atomic mass is 16.2. The minimum atomic E-state index is -0.608. The molecule has 0 aliphatic rings. The predicted octanol–water partition coefficient (Wildman–Crippen LogP) is 2.15. The van der Waals surface area contributed by atoms with Crippen molar-refractivity contribution in [1.82, 2.24) is 10.6 Å². The van der Waals surface area contributed by atoms with Crippen LogP contribution < -0.4 is 16.4 Å². The average molecular weight is 291 g/mol. The number of hydrogen-bond acceptors (Lipinski definition) is 2. The molecule has 1 unspecified atom stereocenters. The number of rotatable bonds is 7. The minimum Gasteiger partial charge on any atom is -0.368 e. The Kier molecular flexibility index (Phi) is 6.72. The van der Waals surface area contributed by atoms with Crippen molar-refractivity contribution < 1.29 is 9.59 Å². The summed E-state index contributed by atoms with van der Waals surface area (Å²) in [7, 11) is 0. The van der Waals surface area contributed by atoms with Gasteiger partial charge in [0.2, 0.25) is 5.91 Å². The lowest BCUT2D eigenvalue weighted by molar-refractivity contribution is -0.119. The van der Waals surface area contributed by atoms with Gasteiger partial charge in [0.1, 0.15) is 6.04 Å². The van der Waals surface area contributed by atoms with Gasteiger partial charge >= 0.3 is 6.03 Å². The van der Waals surface area contributed by atoms with E-state index in [9.17, 15) is 9.59 Å². The Hall–Kier alpha value is -2.04. The third-order valence-corrected chi connectivity index (χ3v) is 3.44. The lowest BCUT2D eigenvalue weighted by atomic mass is 10.1. The van der Waals surface area contributed by atoms with Gasteiger partial charge in [-0.05, 0) is 31.4 Å². The molecule has 1 aromatic rings. The molecule has 5 heteroatoms. The molecule has 4 N–H and O–H groups in total. The number of carbonyl (C=O) groups excluding carboxylic acids is 2. The molecule has 3 amide bonds. The Bertz CT molecular complexity index is 500. The lowest BCUT2D eigenvalue weighted by Crippen LogP contribution is -2.48. The average Bonchev–Trinajstić information content (AvgIpc) is 2.44. The van der Waals surface area contributed by atoms with E-state index < -0.39 is 11.9 Å². The number of hydrogen-bond donors (Lipinski definition) is 3. The van der Waals surface area contributed by atoms with Crippen molar-refractivity contribution in [2.75, 3.05) is 0 Å². The first-order valence-corrected chi connectivity index (χ1v) is 7.33. The Morgan fingerprint density at radius 3 is 2.62 bits per heavy atom. The highest BCUT2D eigenvalue weighted by Gasteiger charge is 2.17. The largest absolute Gasteiger partial charge is 0.368 e. The quantitative estimate of drug-likeness (QED) is 0.719. The summed E-state index contributed by atoms with van der Waals surface area (Å²) in [5.74, 6) is -0.495. The van der Waals surface area contributed by atoms with E-state index in [2.05, 4.69) is 10.6 Å². The van der Waals surface area contributed by atoms with Crippen molar-refractivity contribution in [3.05, 3.63) is 34.9 Å². The van der Waals surface area contributed by atoms with E-state index in [1.807, 2.05) is 39.0 Å².